The summed E-state index contributed by atoms with van der Waals surface area (Å²) in [6.45, 7) is 3.40. The van der Waals surface area contributed by atoms with Crippen LogP contribution >= 0.6 is 27.3 Å². The largest absolute Gasteiger partial charge is 1.00 e. The van der Waals surface area contributed by atoms with E-state index in [4.69, 9.17) is 0 Å². The number of halogens is 2. The van der Waals surface area contributed by atoms with Crippen molar-refractivity contribution in [3.05, 3.63) is 29.3 Å². The Kier molecular flexibility index (Phi) is 8.19. The molecule has 4 heteroatoms. The molecular weight excluding hydrogens is 386 g/mol. The molecule has 0 bridgehead atoms. The van der Waals surface area contributed by atoms with E-state index in [0.29, 0.717) is 0 Å². The van der Waals surface area contributed by atoms with Crippen molar-refractivity contribution in [2.75, 3.05) is 5.33 Å². The Bertz CT molecular complexity index is 496. The molecular formula is C15H21Br2NS. The van der Waals surface area contributed by atoms with Crippen molar-refractivity contribution in [1.29, 1.82) is 0 Å². The second-order valence-corrected chi connectivity index (χ2v) is 6.72. The van der Waals surface area contributed by atoms with Gasteiger partial charge in [0.05, 0.1) is 0 Å². The third kappa shape index (κ3) is 4.83. The number of benzene rings is 1. The number of aromatic nitrogens is 1. The van der Waals surface area contributed by atoms with E-state index in [1.165, 1.54) is 53.9 Å². The number of hydrogen-bond donors (Lipinski definition) is 0. The molecule has 106 valence electrons. The van der Waals surface area contributed by atoms with Crippen molar-refractivity contribution in [2.24, 2.45) is 0 Å². The van der Waals surface area contributed by atoms with Gasteiger partial charge < -0.3 is 17.0 Å². The van der Waals surface area contributed by atoms with Crippen LogP contribution in [0.2, 0.25) is 0 Å². The molecule has 0 aliphatic heterocycles. The topological polar surface area (TPSA) is 3.88 Å². The zero-order valence-electron chi connectivity index (χ0n) is 11.4. The fraction of sp³-hybridized carbons (Fsp3) is 0.533. The lowest BCUT2D eigenvalue weighted by Gasteiger charge is -1.98. The summed E-state index contributed by atoms with van der Waals surface area (Å²) < 4.78 is 3.89. The summed E-state index contributed by atoms with van der Waals surface area (Å²) >= 11 is 5.39. The minimum absolute atomic E-state index is 0. The minimum atomic E-state index is 0. The highest BCUT2D eigenvalue weighted by atomic mass is 79.9. The Balaban J connectivity index is 0.00000180. The summed E-state index contributed by atoms with van der Waals surface area (Å²) in [6, 6.07) is 8.73. The first-order valence-electron chi connectivity index (χ1n) is 6.77. The molecule has 1 heterocycles. The van der Waals surface area contributed by atoms with E-state index in [0.717, 1.165) is 5.33 Å². The second kappa shape index (κ2) is 9.09. The highest BCUT2D eigenvalue weighted by Gasteiger charge is 2.15. The Labute approximate surface area is 138 Å². The normalized spacial score (nSPS) is 10.6. The standard InChI is InChI=1S/C15H21BrNS.BrH/c1-13-17(12-8-4-2-3-7-11-16)14-9-5-6-10-15(14)18-13;/h5-6,9-10H,2-4,7-8,11-12H2,1H3;1H/q+1;/p-1. The summed E-state index contributed by atoms with van der Waals surface area (Å²) in [6.07, 6.45) is 6.69. The Morgan fingerprint density at radius 3 is 2.53 bits per heavy atom. The smallest absolute Gasteiger partial charge is 0.235 e. The molecule has 2 rings (SSSR count). The minimum Gasteiger partial charge on any atom is -1.00 e. The summed E-state index contributed by atoms with van der Waals surface area (Å²) in [5.41, 5.74) is 1.40. The number of thiazole rings is 1. The molecule has 0 aliphatic carbocycles. The lowest BCUT2D eigenvalue weighted by molar-refractivity contribution is -0.673. The first-order valence-corrected chi connectivity index (χ1v) is 8.70. The number of fused-ring (bicyclic) bond motifs is 1. The molecule has 19 heavy (non-hydrogen) atoms. The van der Waals surface area contributed by atoms with Crippen molar-refractivity contribution >= 4 is 37.5 Å². The fourth-order valence-electron chi connectivity index (χ4n) is 2.32. The molecule has 1 nitrogen and oxygen atoms in total. The van der Waals surface area contributed by atoms with Crippen LogP contribution in [0.4, 0.5) is 0 Å². The molecule has 0 amide bonds. The summed E-state index contributed by atoms with van der Waals surface area (Å²) in [4.78, 5) is 0. The maximum absolute atomic E-state index is 3.48. The molecule has 0 fully saturated rings. The van der Waals surface area contributed by atoms with Crippen molar-refractivity contribution in [3.8, 4) is 0 Å². The monoisotopic (exact) mass is 405 g/mol. The van der Waals surface area contributed by atoms with Gasteiger partial charge in [-0.15, -0.1) is 0 Å². The van der Waals surface area contributed by atoms with Crippen LogP contribution in [-0.2, 0) is 6.54 Å². The van der Waals surface area contributed by atoms with E-state index in [-0.39, 0.29) is 17.0 Å². The van der Waals surface area contributed by atoms with Crippen LogP contribution < -0.4 is 21.5 Å². The lowest BCUT2D eigenvalue weighted by Crippen LogP contribution is -3.00. The molecule has 0 saturated heterocycles. The quantitative estimate of drug-likeness (QED) is 0.375. The average Bonchev–Trinajstić information content (AvgIpc) is 2.70. The molecule has 2 aromatic rings. The molecule has 0 radical (unpaired) electrons. The number of hydrogen-bond acceptors (Lipinski definition) is 1. The van der Waals surface area contributed by atoms with Gasteiger partial charge in [-0.2, -0.15) is 4.57 Å². The number of nitrogens with zero attached hydrogens (tertiary/aromatic N) is 1. The van der Waals surface area contributed by atoms with Crippen LogP contribution in [-0.4, -0.2) is 5.33 Å². The van der Waals surface area contributed by atoms with Gasteiger partial charge in [-0.1, -0.05) is 52.2 Å². The summed E-state index contributed by atoms with van der Waals surface area (Å²) in [7, 11) is 0. The molecule has 1 aromatic heterocycles. The molecule has 1 aromatic carbocycles. The molecule has 0 saturated carbocycles. The lowest BCUT2D eigenvalue weighted by atomic mass is 10.1. The van der Waals surface area contributed by atoms with Crippen LogP contribution in [0.3, 0.4) is 0 Å². The fourth-order valence-corrected chi connectivity index (χ4v) is 3.77. The van der Waals surface area contributed by atoms with Gasteiger partial charge in [-0.05, 0) is 18.9 Å². The number of para-hydroxylation sites is 1. The third-order valence-corrected chi connectivity index (χ3v) is 4.95. The number of unbranched alkanes of at least 4 members (excludes halogenated alkanes) is 4. The van der Waals surface area contributed by atoms with Gasteiger partial charge in [0.2, 0.25) is 10.5 Å². The Morgan fingerprint density at radius 2 is 1.74 bits per heavy atom. The van der Waals surface area contributed by atoms with Crippen molar-refractivity contribution in [1.82, 2.24) is 0 Å². The average molecular weight is 407 g/mol. The number of aryl methyl sites for hydroxylation is 2. The molecule has 0 unspecified atom stereocenters. The highest BCUT2D eigenvalue weighted by Crippen LogP contribution is 2.19. The molecule has 0 spiro atoms. The van der Waals surface area contributed by atoms with E-state index in [9.17, 15) is 0 Å². The first kappa shape index (κ1) is 17.1. The van der Waals surface area contributed by atoms with E-state index < -0.39 is 0 Å². The van der Waals surface area contributed by atoms with Gasteiger partial charge >= 0.3 is 0 Å². The van der Waals surface area contributed by atoms with E-state index in [2.05, 4.69) is 51.7 Å². The van der Waals surface area contributed by atoms with E-state index in [1.54, 1.807) is 0 Å². The van der Waals surface area contributed by atoms with Crippen molar-refractivity contribution in [2.45, 2.75) is 45.6 Å². The van der Waals surface area contributed by atoms with Crippen LogP contribution in [0.25, 0.3) is 10.2 Å². The Hall–Kier alpha value is 0.0700. The predicted octanol–water partition coefficient (Wildman–Crippen LogP) is 1.85. The Morgan fingerprint density at radius 1 is 1.05 bits per heavy atom. The summed E-state index contributed by atoms with van der Waals surface area (Å²) in [5, 5.41) is 2.58. The van der Waals surface area contributed by atoms with Crippen LogP contribution in [0.1, 0.15) is 37.1 Å². The zero-order chi connectivity index (χ0) is 12.8. The summed E-state index contributed by atoms with van der Waals surface area (Å²) in [5.74, 6) is 0. The van der Waals surface area contributed by atoms with Gasteiger partial charge in [0.15, 0.2) is 0 Å². The van der Waals surface area contributed by atoms with E-state index in [1.807, 2.05) is 11.3 Å². The zero-order valence-corrected chi connectivity index (χ0v) is 15.4. The SMILES string of the molecule is Cc1sc2ccccc2[n+]1CCCCCCCBr.[Br-]. The molecule has 0 aliphatic rings. The maximum atomic E-state index is 3.48. The third-order valence-electron chi connectivity index (χ3n) is 3.31. The van der Waals surface area contributed by atoms with Crippen LogP contribution in [0, 0.1) is 6.92 Å². The second-order valence-electron chi connectivity index (χ2n) is 4.70. The van der Waals surface area contributed by atoms with Gasteiger partial charge in [0.1, 0.15) is 11.2 Å². The van der Waals surface area contributed by atoms with Gasteiger partial charge in [0.25, 0.3) is 0 Å². The van der Waals surface area contributed by atoms with Gasteiger partial charge in [-0.3, -0.25) is 0 Å². The first-order chi connectivity index (χ1) is 8.83. The molecule has 0 N–H and O–H groups in total. The van der Waals surface area contributed by atoms with E-state index >= 15 is 0 Å². The van der Waals surface area contributed by atoms with Crippen molar-refractivity contribution in [3.63, 3.8) is 0 Å². The van der Waals surface area contributed by atoms with Gasteiger partial charge in [0, 0.05) is 24.7 Å². The highest BCUT2D eigenvalue weighted by molar-refractivity contribution is 9.09. The van der Waals surface area contributed by atoms with Crippen LogP contribution in [0.5, 0.6) is 0 Å². The number of alkyl halides is 1. The maximum Gasteiger partial charge on any atom is 0.235 e. The van der Waals surface area contributed by atoms with Crippen molar-refractivity contribution < 1.29 is 21.5 Å². The predicted molar refractivity (Wildman–Crippen MR) is 83.6 cm³/mol. The molecule has 0 atom stereocenters. The van der Waals surface area contributed by atoms with Crippen LogP contribution in [0.15, 0.2) is 24.3 Å². The number of rotatable bonds is 7. The van der Waals surface area contributed by atoms with Gasteiger partial charge in [-0.25, -0.2) is 0 Å².